The van der Waals surface area contributed by atoms with Crippen molar-refractivity contribution in [2.24, 2.45) is 0 Å². The third kappa shape index (κ3) is 6.92. The molecule has 0 aliphatic heterocycles. The quantitative estimate of drug-likeness (QED) is 0.517. The fraction of sp³-hybridized carbons (Fsp3) is 0.286. The summed E-state index contributed by atoms with van der Waals surface area (Å²) in [6.07, 6.45) is 1.50. The van der Waals surface area contributed by atoms with Gasteiger partial charge in [0.25, 0.3) is 5.91 Å². The van der Waals surface area contributed by atoms with Crippen LogP contribution in [0.1, 0.15) is 0 Å². The Morgan fingerprint density at radius 1 is 1.48 bits per heavy atom. The molecule has 0 aromatic heterocycles. The zero-order valence-corrected chi connectivity index (χ0v) is 12.8. The molecule has 1 aromatic carbocycles. The molecule has 1 atom stereocenters. The number of carbonyl (C=O) groups excluding carboxylic acids is 1. The Labute approximate surface area is 130 Å². The van der Waals surface area contributed by atoms with Crippen LogP contribution in [-0.2, 0) is 14.3 Å². The van der Waals surface area contributed by atoms with Crippen LogP contribution in [0.3, 0.4) is 0 Å². The number of carboxylic acid groups (broad SMARTS) is 1. The fourth-order valence-electron chi connectivity index (χ4n) is 1.39. The van der Waals surface area contributed by atoms with Crippen LogP contribution in [0.15, 0.2) is 41.4 Å². The van der Waals surface area contributed by atoms with E-state index in [2.05, 4.69) is 27.8 Å². The van der Waals surface area contributed by atoms with Crippen molar-refractivity contribution in [2.45, 2.75) is 6.04 Å². The van der Waals surface area contributed by atoms with Crippen molar-refractivity contribution in [3.05, 3.63) is 41.4 Å². The molecule has 0 spiro atoms. The molecule has 1 rings (SSSR count). The van der Waals surface area contributed by atoms with Crippen LogP contribution in [-0.4, -0.2) is 42.8 Å². The number of nitrogens with one attached hydrogen (secondary N) is 1. The van der Waals surface area contributed by atoms with Gasteiger partial charge in [0, 0.05) is 4.47 Å². The van der Waals surface area contributed by atoms with Gasteiger partial charge in [-0.2, -0.15) is 0 Å². The van der Waals surface area contributed by atoms with Crippen LogP contribution < -0.4 is 10.1 Å². The zero-order valence-electron chi connectivity index (χ0n) is 11.3. The van der Waals surface area contributed by atoms with Gasteiger partial charge in [-0.1, -0.05) is 28.1 Å². The summed E-state index contributed by atoms with van der Waals surface area (Å²) in [5.41, 5.74) is 0. The Balaban J connectivity index is 2.42. The summed E-state index contributed by atoms with van der Waals surface area (Å²) in [6, 6.07) is 5.86. The number of amides is 1. The van der Waals surface area contributed by atoms with Crippen LogP contribution >= 0.6 is 15.9 Å². The lowest BCUT2D eigenvalue weighted by atomic mass is 10.3. The minimum Gasteiger partial charge on any atom is -0.484 e. The number of carbonyl (C=O) groups is 2. The van der Waals surface area contributed by atoms with E-state index >= 15 is 0 Å². The molecule has 1 unspecified atom stereocenters. The van der Waals surface area contributed by atoms with Gasteiger partial charge in [-0.25, -0.2) is 4.79 Å². The highest BCUT2D eigenvalue weighted by molar-refractivity contribution is 9.10. The van der Waals surface area contributed by atoms with Crippen molar-refractivity contribution in [3.8, 4) is 5.75 Å². The maximum absolute atomic E-state index is 11.7. The second kappa shape index (κ2) is 9.15. The first-order valence-electron chi connectivity index (χ1n) is 6.12. The fourth-order valence-corrected chi connectivity index (χ4v) is 1.76. The highest BCUT2D eigenvalue weighted by Gasteiger charge is 2.20. The van der Waals surface area contributed by atoms with Gasteiger partial charge in [0.15, 0.2) is 12.6 Å². The average Bonchev–Trinajstić information content (AvgIpc) is 2.44. The minimum atomic E-state index is -1.17. The molecular weight excluding hydrogens is 342 g/mol. The molecule has 0 aliphatic carbocycles. The van der Waals surface area contributed by atoms with E-state index in [-0.39, 0.29) is 19.8 Å². The lowest BCUT2D eigenvalue weighted by Crippen LogP contribution is -2.45. The summed E-state index contributed by atoms with van der Waals surface area (Å²) < 4.78 is 11.1. The second-order valence-corrected chi connectivity index (χ2v) is 4.95. The first kappa shape index (κ1) is 17.2. The molecule has 1 aromatic rings. The average molecular weight is 358 g/mol. The highest BCUT2D eigenvalue weighted by atomic mass is 79.9. The van der Waals surface area contributed by atoms with Gasteiger partial charge >= 0.3 is 5.97 Å². The number of hydrogen-bond acceptors (Lipinski definition) is 4. The van der Waals surface area contributed by atoms with Crippen molar-refractivity contribution in [1.29, 1.82) is 0 Å². The Morgan fingerprint density at radius 2 is 2.24 bits per heavy atom. The summed E-state index contributed by atoms with van der Waals surface area (Å²) in [5.74, 6) is -1.20. The van der Waals surface area contributed by atoms with Gasteiger partial charge in [-0.15, -0.1) is 6.58 Å². The lowest BCUT2D eigenvalue weighted by molar-refractivity contribution is -0.143. The predicted octanol–water partition coefficient (Wildman–Crippen LogP) is 1.60. The number of ether oxygens (including phenoxy) is 2. The number of aliphatic carboxylic acids is 1. The number of benzene rings is 1. The molecular formula is C14H16BrNO5. The molecule has 6 nitrogen and oxygen atoms in total. The zero-order chi connectivity index (χ0) is 15.7. The van der Waals surface area contributed by atoms with Crippen LogP contribution in [0.2, 0.25) is 0 Å². The molecule has 0 radical (unpaired) electrons. The van der Waals surface area contributed by atoms with Gasteiger partial charge in [0.1, 0.15) is 5.75 Å². The number of carboxylic acids is 1. The largest absolute Gasteiger partial charge is 0.484 e. The Bertz CT molecular complexity index is 506. The maximum Gasteiger partial charge on any atom is 0.328 e. The maximum atomic E-state index is 11.7. The van der Waals surface area contributed by atoms with E-state index in [1.165, 1.54) is 6.08 Å². The lowest BCUT2D eigenvalue weighted by Gasteiger charge is -2.14. The van der Waals surface area contributed by atoms with E-state index in [9.17, 15) is 9.59 Å². The van der Waals surface area contributed by atoms with E-state index in [4.69, 9.17) is 14.6 Å². The van der Waals surface area contributed by atoms with Crippen LogP contribution in [0.5, 0.6) is 5.75 Å². The number of halogens is 1. The first-order chi connectivity index (χ1) is 10.0. The Morgan fingerprint density at radius 3 is 2.86 bits per heavy atom. The van der Waals surface area contributed by atoms with Gasteiger partial charge in [-0.05, 0) is 18.2 Å². The van der Waals surface area contributed by atoms with Gasteiger partial charge in [0.05, 0.1) is 13.2 Å². The van der Waals surface area contributed by atoms with Gasteiger partial charge < -0.3 is 19.9 Å². The van der Waals surface area contributed by atoms with Crippen LogP contribution in [0, 0.1) is 0 Å². The smallest absolute Gasteiger partial charge is 0.328 e. The van der Waals surface area contributed by atoms with Crippen LogP contribution in [0.25, 0.3) is 0 Å². The second-order valence-electron chi connectivity index (χ2n) is 4.03. The molecule has 0 saturated carbocycles. The molecule has 21 heavy (non-hydrogen) atoms. The molecule has 1 amide bonds. The molecule has 0 heterocycles. The van der Waals surface area contributed by atoms with E-state index in [0.717, 1.165) is 4.47 Å². The van der Waals surface area contributed by atoms with Crippen molar-refractivity contribution in [1.82, 2.24) is 5.32 Å². The van der Waals surface area contributed by atoms with E-state index in [1.807, 2.05) is 6.07 Å². The van der Waals surface area contributed by atoms with E-state index in [0.29, 0.717) is 5.75 Å². The SMILES string of the molecule is C=CCOCC(NC(=O)COc1cccc(Br)c1)C(=O)O. The molecule has 0 saturated heterocycles. The van der Waals surface area contributed by atoms with E-state index < -0.39 is 17.9 Å². The highest BCUT2D eigenvalue weighted by Crippen LogP contribution is 2.17. The first-order valence-corrected chi connectivity index (χ1v) is 6.91. The van der Waals surface area contributed by atoms with E-state index in [1.54, 1.807) is 18.2 Å². The summed E-state index contributed by atoms with van der Waals surface area (Å²) in [6.45, 7) is 3.26. The molecule has 2 N–H and O–H groups in total. The van der Waals surface area contributed by atoms with Crippen LogP contribution in [0.4, 0.5) is 0 Å². The predicted molar refractivity (Wildman–Crippen MR) is 80.2 cm³/mol. The van der Waals surface area contributed by atoms with Crippen molar-refractivity contribution >= 4 is 27.8 Å². The minimum absolute atomic E-state index is 0.135. The number of hydrogen-bond donors (Lipinski definition) is 2. The molecule has 114 valence electrons. The summed E-state index contributed by atoms with van der Waals surface area (Å²) in [5, 5.41) is 11.3. The summed E-state index contributed by atoms with van der Waals surface area (Å²) in [7, 11) is 0. The molecule has 0 fully saturated rings. The number of rotatable bonds is 9. The standard InChI is InChI=1S/C14H16BrNO5/c1-2-6-20-8-12(14(18)19)16-13(17)9-21-11-5-3-4-10(15)7-11/h2-5,7,12H,1,6,8-9H2,(H,16,17)(H,18,19). The molecule has 0 aliphatic rings. The van der Waals surface area contributed by atoms with Gasteiger partial charge in [0.2, 0.25) is 0 Å². The normalized spacial score (nSPS) is 11.5. The van der Waals surface area contributed by atoms with Crippen molar-refractivity contribution < 1.29 is 24.2 Å². The molecule has 7 heteroatoms. The Hall–Kier alpha value is -1.86. The summed E-state index contributed by atoms with van der Waals surface area (Å²) in [4.78, 5) is 22.6. The van der Waals surface area contributed by atoms with Gasteiger partial charge in [-0.3, -0.25) is 4.79 Å². The Kier molecular flexibility index (Phi) is 7.49. The third-order valence-corrected chi connectivity index (χ3v) is 2.81. The monoisotopic (exact) mass is 357 g/mol. The topological polar surface area (TPSA) is 84.9 Å². The molecule has 0 bridgehead atoms. The van der Waals surface area contributed by atoms with Crippen molar-refractivity contribution in [3.63, 3.8) is 0 Å². The van der Waals surface area contributed by atoms with Crippen molar-refractivity contribution in [2.75, 3.05) is 19.8 Å². The third-order valence-electron chi connectivity index (χ3n) is 2.32. The summed E-state index contributed by atoms with van der Waals surface area (Å²) >= 11 is 3.28.